The van der Waals surface area contributed by atoms with Crippen LogP contribution in [0.25, 0.3) is 22.2 Å². The van der Waals surface area contributed by atoms with Crippen LogP contribution in [0.4, 0.5) is 5.82 Å². The number of aromatic nitrogens is 3. The van der Waals surface area contributed by atoms with Gasteiger partial charge in [-0.2, -0.15) is 5.26 Å². The van der Waals surface area contributed by atoms with Gasteiger partial charge in [-0.3, -0.25) is 0 Å². The molecule has 3 N–H and O–H groups in total. The molecule has 0 radical (unpaired) electrons. The molecular weight excluding hydrogens is 388 g/mol. The molecule has 2 heterocycles. The Morgan fingerprint density at radius 2 is 1.76 bits per heavy atom. The molecule has 0 unspecified atom stereocenters. The van der Waals surface area contributed by atoms with Gasteiger partial charge in [0, 0.05) is 13.1 Å². The van der Waals surface area contributed by atoms with Gasteiger partial charge in [-0.05, 0) is 31.2 Å². The first-order valence-electron chi connectivity index (χ1n) is 8.91. The quantitative estimate of drug-likeness (QED) is 0.524. The van der Waals surface area contributed by atoms with E-state index in [9.17, 15) is 13.7 Å². The molecule has 2 aromatic heterocycles. The summed E-state index contributed by atoms with van der Waals surface area (Å²) in [6, 6.07) is 16.0. The molecule has 0 amide bonds. The minimum absolute atomic E-state index is 0.0869. The fourth-order valence-electron chi connectivity index (χ4n) is 3.15. The van der Waals surface area contributed by atoms with Gasteiger partial charge in [-0.15, -0.1) is 0 Å². The Morgan fingerprint density at radius 3 is 2.41 bits per heavy atom. The highest BCUT2D eigenvalue weighted by Crippen LogP contribution is 2.26. The maximum atomic E-state index is 12.5. The number of sulfonamides is 1. The van der Waals surface area contributed by atoms with E-state index in [-0.39, 0.29) is 29.4 Å². The number of rotatable bonds is 5. The largest absolute Gasteiger partial charge is 0.384 e. The highest BCUT2D eigenvalue weighted by Gasteiger charge is 2.19. The highest BCUT2D eigenvalue weighted by atomic mass is 32.2. The van der Waals surface area contributed by atoms with Gasteiger partial charge in [-0.25, -0.2) is 23.1 Å². The van der Waals surface area contributed by atoms with E-state index >= 15 is 0 Å². The average molecular weight is 406 g/mol. The van der Waals surface area contributed by atoms with Crippen LogP contribution >= 0.6 is 0 Å². The Morgan fingerprint density at radius 1 is 1.10 bits per heavy atom. The van der Waals surface area contributed by atoms with Crippen LogP contribution in [0.3, 0.4) is 0 Å². The molecule has 8 nitrogen and oxygen atoms in total. The number of fused-ring (bicyclic) bond motifs is 2. The van der Waals surface area contributed by atoms with Crippen molar-refractivity contribution in [2.75, 3.05) is 12.3 Å². The van der Waals surface area contributed by atoms with E-state index in [2.05, 4.69) is 20.8 Å². The van der Waals surface area contributed by atoms with E-state index in [0.717, 1.165) is 5.56 Å². The Kier molecular flexibility index (Phi) is 4.66. The van der Waals surface area contributed by atoms with Crippen molar-refractivity contribution in [3.8, 4) is 6.07 Å². The first-order valence-corrected chi connectivity index (χ1v) is 10.4. The van der Waals surface area contributed by atoms with E-state index in [1.807, 2.05) is 31.2 Å². The average Bonchev–Trinajstić information content (AvgIpc) is 2.96. The molecule has 0 spiro atoms. The van der Waals surface area contributed by atoms with Gasteiger partial charge in [0.2, 0.25) is 10.0 Å². The van der Waals surface area contributed by atoms with Crippen molar-refractivity contribution in [3.05, 3.63) is 59.7 Å². The molecule has 9 heteroatoms. The molecular formula is C20H18N6O2S. The van der Waals surface area contributed by atoms with Crippen LogP contribution in [-0.2, 0) is 16.6 Å². The third kappa shape index (κ3) is 3.40. The first-order chi connectivity index (χ1) is 13.9. The van der Waals surface area contributed by atoms with Crippen molar-refractivity contribution in [1.82, 2.24) is 19.3 Å². The summed E-state index contributed by atoms with van der Waals surface area (Å²) in [4.78, 5) is 9.29. The van der Waals surface area contributed by atoms with Gasteiger partial charge in [0.1, 0.15) is 23.0 Å². The van der Waals surface area contributed by atoms with Crippen LogP contribution in [-0.4, -0.2) is 29.5 Å². The van der Waals surface area contributed by atoms with Crippen LogP contribution in [0.2, 0.25) is 0 Å². The van der Waals surface area contributed by atoms with E-state index in [1.165, 1.54) is 0 Å². The van der Waals surface area contributed by atoms with Gasteiger partial charge in [0.15, 0.2) is 5.65 Å². The summed E-state index contributed by atoms with van der Waals surface area (Å²) in [5.74, 6) is 0.215. The van der Waals surface area contributed by atoms with Gasteiger partial charge in [0.25, 0.3) is 0 Å². The Hall–Kier alpha value is -3.48. The number of hydrogen-bond acceptors (Lipinski definition) is 6. The minimum Gasteiger partial charge on any atom is -0.384 e. The minimum atomic E-state index is -3.65. The molecule has 29 heavy (non-hydrogen) atoms. The second kappa shape index (κ2) is 7.16. The third-order valence-corrected chi connectivity index (χ3v) is 6.14. The second-order valence-electron chi connectivity index (χ2n) is 6.62. The second-order valence-corrected chi connectivity index (χ2v) is 8.39. The van der Waals surface area contributed by atoms with Crippen molar-refractivity contribution in [2.24, 2.45) is 0 Å². The van der Waals surface area contributed by atoms with Crippen LogP contribution in [0, 0.1) is 18.3 Å². The lowest BCUT2D eigenvalue weighted by Gasteiger charge is -2.10. The van der Waals surface area contributed by atoms with Crippen molar-refractivity contribution >= 4 is 38.0 Å². The molecule has 0 aliphatic carbocycles. The maximum Gasteiger partial charge on any atom is 0.240 e. The van der Waals surface area contributed by atoms with Gasteiger partial charge < -0.3 is 10.3 Å². The zero-order valence-corrected chi connectivity index (χ0v) is 16.4. The van der Waals surface area contributed by atoms with Crippen molar-refractivity contribution in [3.63, 3.8) is 0 Å². The van der Waals surface area contributed by atoms with Crippen LogP contribution in [0.15, 0.2) is 53.4 Å². The van der Waals surface area contributed by atoms with E-state index < -0.39 is 10.0 Å². The summed E-state index contributed by atoms with van der Waals surface area (Å²) >= 11 is 0. The SMILES string of the molecule is Cc1ccc(S(=O)(=O)NCCn2c(N)c(C#N)c3nc4ccccc4nc32)cc1. The smallest absolute Gasteiger partial charge is 0.240 e. The maximum absolute atomic E-state index is 12.5. The number of nitrogens with one attached hydrogen (secondary N) is 1. The number of nitrogens with zero attached hydrogens (tertiary/aromatic N) is 4. The number of nitrogens with two attached hydrogens (primary N) is 1. The highest BCUT2D eigenvalue weighted by molar-refractivity contribution is 7.89. The summed E-state index contributed by atoms with van der Waals surface area (Å²) in [7, 11) is -3.65. The van der Waals surface area contributed by atoms with Gasteiger partial charge in [-0.1, -0.05) is 29.8 Å². The standard InChI is InChI=1S/C20H18N6O2S/c1-13-6-8-14(9-7-13)29(27,28)23-10-11-26-19(22)15(12-21)18-20(26)25-17-5-3-2-4-16(17)24-18/h2-9,23H,10-11,22H2,1H3. The molecule has 0 aliphatic rings. The normalized spacial score (nSPS) is 11.7. The number of anilines is 1. The summed E-state index contributed by atoms with van der Waals surface area (Å²) < 4.78 is 29.2. The molecule has 0 saturated carbocycles. The lowest BCUT2D eigenvalue weighted by Crippen LogP contribution is -2.27. The summed E-state index contributed by atoms with van der Waals surface area (Å²) in [5.41, 5.74) is 9.55. The fourth-order valence-corrected chi connectivity index (χ4v) is 4.17. The third-order valence-electron chi connectivity index (χ3n) is 4.66. The predicted molar refractivity (Wildman–Crippen MR) is 111 cm³/mol. The Balaban J connectivity index is 1.66. The van der Waals surface area contributed by atoms with E-state index in [0.29, 0.717) is 22.2 Å². The molecule has 0 fully saturated rings. The number of aryl methyl sites for hydroxylation is 1. The summed E-state index contributed by atoms with van der Waals surface area (Å²) in [6.45, 7) is 2.19. The summed E-state index contributed by atoms with van der Waals surface area (Å²) in [6.07, 6.45) is 0. The number of para-hydroxylation sites is 2. The van der Waals surface area contributed by atoms with Gasteiger partial charge in [0.05, 0.1) is 15.9 Å². The summed E-state index contributed by atoms with van der Waals surface area (Å²) in [5, 5.41) is 9.50. The van der Waals surface area contributed by atoms with E-state index in [4.69, 9.17) is 5.73 Å². The number of benzene rings is 2. The van der Waals surface area contributed by atoms with Crippen LogP contribution < -0.4 is 10.5 Å². The monoisotopic (exact) mass is 406 g/mol. The van der Waals surface area contributed by atoms with Gasteiger partial charge >= 0.3 is 0 Å². The molecule has 4 aromatic rings. The molecule has 0 atom stereocenters. The first kappa shape index (κ1) is 18.9. The van der Waals surface area contributed by atoms with E-state index in [1.54, 1.807) is 28.8 Å². The zero-order chi connectivity index (χ0) is 20.6. The number of nitriles is 1. The lowest BCUT2D eigenvalue weighted by atomic mass is 10.2. The number of nitrogen functional groups attached to an aromatic ring is 1. The number of hydrogen-bond donors (Lipinski definition) is 2. The molecule has 146 valence electrons. The van der Waals surface area contributed by atoms with Crippen molar-refractivity contribution in [2.45, 2.75) is 18.4 Å². The lowest BCUT2D eigenvalue weighted by molar-refractivity contribution is 0.575. The fraction of sp³-hybridized carbons (Fsp3) is 0.150. The Labute approximate surface area is 167 Å². The molecule has 4 rings (SSSR count). The predicted octanol–water partition coefficient (Wildman–Crippen LogP) is 2.33. The van der Waals surface area contributed by atoms with Crippen molar-refractivity contribution in [1.29, 1.82) is 5.26 Å². The molecule has 2 aromatic carbocycles. The molecule has 0 bridgehead atoms. The van der Waals surface area contributed by atoms with Crippen LogP contribution in [0.5, 0.6) is 0 Å². The van der Waals surface area contributed by atoms with Crippen LogP contribution in [0.1, 0.15) is 11.1 Å². The Bertz CT molecular complexity index is 1370. The van der Waals surface area contributed by atoms with Crippen molar-refractivity contribution < 1.29 is 8.42 Å². The molecule has 0 aliphatic heterocycles. The zero-order valence-electron chi connectivity index (χ0n) is 15.6. The topological polar surface area (TPSA) is 127 Å². The molecule has 0 saturated heterocycles.